The van der Waals surface area contributed by atoms with Gasteiger partial charge < -0.3 is 0 Å². The van der Waals surface area contributed by atoms with Crippen LogP contribution in [0.1, 0.15) is 27.0 Å². The van der Waals surface area contributed by atoms with Gasteiger partial charge in [0.05, 0.1) is 0 Å². The van der Waals surface area contributed by atoms with Gasteiger partial charge in [0.25, 0.3) is 0 Å². The van der Waals surface area contributed by atoms with Gasteiger partial charge in [-0.05, 0) is 54.8 Å². The first-order valence-electron chi connectivity index (χ1n) is 6.02. The lowest BCUT2D eigenvalue weighted by Crippen LogP contribution is -2.06. The van der Waals surface area contributed by atoms with Crippen LogP contribution in [0.5, 0.6) is 0 Å². The van der Waals surface area contributed by atoms with Crippen LogP contribution >= 0.6 is 15.9 Å². The highest BCUT2D eigenvalue weighted by Crippen LogP contribution is 2.18. The van der Waals surface area contributed by atoms with Crippen molar-refractivity contribution in [1.29, 1.82) is 0 Å². The van der Waals surface area contributed by atoms with Crippen LogP contribution < -0.4 is 0 Å². The Morgan fingerprint density at radius 1 is 1.11 bits per heavy atom. The molecule has 0 atom stereocenters. The summed E-state index contributed by atoms with van der Waals surface area (Å²) in [5.41, 5.74) is 3.26. The van der Waals surface area contributed by atoms with E-state index in [1.165, 1.54) is 6.07 Å². The van der Waals surface area contributed by atoms with Gasteiger partial charge in [-0.15, -0.1) is 0 Å². The Balaban J connectivity index is 2.25. The summed E-state index contributed by atoms with van der Waals surface area (Å²) in [5, 5.41) is 0. The lowest BCUT2D eigenvalue weighted by Gasteiger charge is -2.06. The standard InChI is InChI=1S/C16H14BrFO/c1-10-3-4-12(7-11(10)2)16(19)9-13-8-14(17)5-6-15(13)18/h3-8H,9H2,1-2H3. The maximum Gasteiger partial charge on any atom is 0.167 e. The predicted molar refractivity (Wildman–Crippen MR) is 78.1 cm³/mol. The van der Waals surface area contributed by atoms with Crippen LogP contribution in [-0.2, 0) is 6.42 Å². The van der Waals surface area contributed by atoms with Crippen molar-refractivity contribution in [3.63, 3.8) is 0 Å². The molecule has 0 N–H and O–H groups in total. The number of carbonyl (C=O) groups is 1. The average molecular weight is 321 g/mol. The molecule has 2 aromatic rings. The first-order chi connectivity index (χ1) is 8.97. The number of aryl methyl sites for hydroxylation is 2. The molecule has 2 rings (SSSR count). The van der Waals surface area contributed by atoms with E-state index in [0.29, 0.717) is 11.1 Å². The molecule has 0 aliphatic carbocycles. The van der Waals surface area contributed by atoms with Crippen molar-refractivity contribution in [1.82, 2.24) is 0 Å². The molecule has 0 saturated heterocycles. The minimum Gasteiger partial charge on any atom is -0.294 e. The van der Waals surface area contributed by atoms with E-state index in [-0.39, 0.29) is 18.0 Å². The number of hydrogen-bond donors (Lipinski definition) is 0. The second-order valence-corrected chi connectivity index (χ2v) is 5.55. The minimum absolute atomic E-state index is 0.0694. The van der Waals surface area contributed by atoms with Crippen molar-refractivity contribution in [2.75, 3.05) is 0 Å². The first kappa shape index (κ1) is 13.9. The summed E-state index contributed by atoms with van der Waals surface area (Å²) in [6.07, 6.45) is 0.0772. The van der Waals surface area contributed by atoms with Crippen molar-refractivity contribution in [3.8, 4) is 0 Å². The van der Waals surface area contributed by atoms with Gasteiger partial charge in [-0.1, -0.05) is 28.1 Å². The molecule has 0 radical (unpaired) electrons. The molecule has 0 spiro atoms. The van der Waals surface area contributed by atoms with Crippen molar-refractivity contribution < 1.29 is 9.18 Å². The third kappa shape index (κ3) is 3.29. The molecule has 1 nitrogen and oxygen atoms in total. The van der Waals surface area contributed by atoms with Crippen molar-refractivity contribution in [2.45, 2.75) is 20.3 Å². The highest BCUT2D eigenvalue weighted by molar-refractivity contribution is 9.10. The molecular weight excluding hydrogens is 307 g/mol. The maximum atomic E-state index is 13.6. The van der Waals surface area contributed by atoms with Gasteiger partial charge in [0.15, 0.2) is 5.78 Å². The summed E-state index contributed by atoms with van der Waals surface area (Å²) < 4.78 is 14.4. The monoisotopic (exact) mass is 320 g/mol. The van der Waals surface area contributed by atoms with E-state index in [2.05, 4.69) is 15.9 Å². The van der Waals surface area contributed by atoms with Crippen molar-refractivity contribution in [3.05, 3.63) is 68.9 Å². The molecule has 2 aromatic carbocycles. The first-order valence-corrected chi connectivity index (χ1v) is 6.81. The molecule has 0 fully saturated rings. The van der Waals surface area contributed by atoms with Crippen LogP contribution in [0.3, 0.4) is 0 Å². The molecule has 0 saturated carbocycles. The molecule has 19 heavy (non-hydrogen) atoms. The molecule has 0 heterocycles. The fourth-order valence-corrected chi connectivity index (χ4v) is 2.28. The smallest absolute Gasteiger partial charge is 0.167 e. The zero-order valence-corrected chi connectivity index (χ0v) is 12.4. The summed E-state index contributed by atoms with van der Waals surface area (Å²) in [6, 6.07) is 10.2. The van der Waals surface area contributed by atoms with Crippen LogP contribution in [0, 0.1) is 19.7 Å². The van der Waals surface area contributed by atoms with E-state index in [1.807, 2.05) is 26.0 Å². The Hall–Kier alpha value is -1.48. The number of halogens is 2. The maximum absolute atomic E-state index is 13.6. The van der Waals surface area contributed by atoms with Crippen LogP contribution in [-0.4, -0.2) is 5.78 Å². The van der Waals surface area contributed by atoms with Gasteiger partial charge >= 0.3 is 0 Å². The topological polar surface area (TPSA) is 17.1 Å². The van der Waals surface area contributed by atoms with Gasteiger partial charge in [0.2, 0.25) is 0 Å². The van der Waals surface area contributed by atoms with Gasteiger partial charge in [0, 0.05) is 16.5 Å². The summed E-state index contributed by atoms with van der Waals surface area (Å²) in [6.45, 7) is 3.96. The summed E-state index contributed by atoms with van der Waals surface area (Å²) >= 11 is 3.29. The Kier molecular flexibility index (Phi) is 4.15. The predicted octanol–water partition coefficient (Wildman–Crippen LogP) is 4.63. The Morgan fingerprint density at radius 2 is 1.84 bits per heavy atom. The quantitative estimate of drug-likeness (QED) is 0.753. The summed E-state index contributed by atoms with van der Waals surface area (Å²) in [4.78, 5) is 12.2. The molecule has 0 unspecified atom stereocenters. The van der Waals surface area contributed by atoms with E-state index < -0.39 is 0 Å². The molecule has 0 amide bonds. The lowest BCUT2D eigenvalue weighted by molar-refractivity contribution is 0.0991. The third-order valence-electron chi connectivity index (χ3n) is 3.19. The molecule has 0 aliphatic heterocycles. The zero-order valence-electron chi connectivity index (χ0n) is 10.8. The Morgan fingerprint density at radius 3 is 2.53 bits per heavy atom. The fourth-order valence-electron chi connectivity index (χ4n) is 1.87. The zero-order chi connectivity index (χ0) is 14.0. The molecular formula is C16H14BrFO. The number of rotatable bonds is 3. The van der Waals surface area contributed by atoms with Gasteiger partial charge in [0.1, 0.15) is 5.82 Å². The Bertz CT molecular complexity index is 635. The van der Waals surface area contributed by atoms with Gasteiger partial charge in [-0.2, -0.15) is 0 Å². The largest absolute Gasteiger partial charge is 0.294 e. The number of ketones is 1. The van der Waals surface area contributed by atoms with E-state index in [9.17, 15) is 9.18 Å². The van der Waals surface area contributed by atoms with E-state index in [4.69, 9.17) is 0 Å². The SMILES string of the molecule is Cc1ccc(C(=O)Cc2cc(Br)ccc2F)cc1C. The minimum atomic E-state index is -0.347. The summed E-state index contributed by atoms with van der Waals surface area (Å²) in [5.74, 6) is -0.416. The highest BCUT2D eigenvalue weighted by atomic mass is 79.9. The van der Waals surface area contributed by atoms with E-state index in [1.54, 1.807) is 18.2 Å². The third-order valence-corrected chi connectivity index (χ3v) is 3.68. The highest BCUT2D eigenvalue weighted by Gasteiger charge is 2.11. The van der Waals surface area contributed by atoms with Gasteiger partial charge in [-0.25, -0.2) is 4.39 Å². The van der Waals surface area contributed by atoms with Crippen LogP contribution in [0.25, 0.3) is 0 Å². The number of hydrogen-bond acceptors (Lipinski definition) is 1. The average Bonchev–Trinajstić information content (AvgIpc) is 2.37. The molecule has 0 aromatic heterocycles. The Labute approximate surface area is 120 Å². The number of benzene rings is 2. The van der Waals surface area contributed by atoms with Gasteiger partial charge in [-0.3, -0.25) is 4.79 Å². The van der Waals surface area contributed by atoms with E-state index in [0.717, 1.165) is 15.6 Å². The molecule has 0 bridgehead atoms. The van der Waals surface area contributed by atoms with E-state index >= 15 is 0 Å². The van der Waals surface area contributed by atoms with Crippen molar-refractivity contribution >= 4 is 21.7 Å². The van der Waals surface area contributed by atoms with Crippen LogP contribution in [0.2, 0.25) is 0 Å². The normalized spacial score (nSPS) is 10.5. The fraction of sp³-hybridized carbons (Fsp3) is 0.188. The summed E-state index contributed by atoms with van der Waals surface area (Å²) in [7, 11) is 0. The number of carbonyl (C=O) groups excluding carboxylic acids is 1. The van der Waals surface area contributed by atoms with Crippen molar-refractivity contribution in [2.24, 2.45) is 0 Å². The molecule has 98 valence electrons. The van der Waals surface area contributed by atoms with Crippen LogP contribution in [0.15, 0.2) is 40.9 Å². The second-order valence-electron chi connectivity index (χ2n) is 4.63. The van der Waals surface area contributed by atoms with Crippen LogP contribution in [0.4, 0.5) is 4.39 Å². The lowest BCUT2D eigenvalue weighted by atomic mass is 9.99. The second kappa shape index (κ2) is 5.66. The molecule has 0 aliphatic rings. The number of Topliss-reactive ketones (excluding diaryl/α,β-unsaturated/α-hetero) is 1. The molecule has 3 heteroatoms.